The smallest absolute Gasteiger partial charge is 0.245 e. The van der Waals surface area contributed by atoms with Gasteiger partial charge in [0.25, 0.3) is 0 Å². The summed E-state index contributed by atoms with van der Waals surface area (Å²) < 4.78 is 34.7. The highest BCUT2D eigenvalue weighted by molar-refractivity contribution is 7.89. The van der Waals surface area contributed by atoms with Gasteiger partial charge in [-0.25, -0.2) is 8.42 Å². The second kappa shape index (κ2) is 11.1. The fourth-order valence-electron chi connectivity index (χ4n) is 3.46. The third kappa shape index (κ3) is 6.66. The number of amides is 1. The number of ether oxygens (including phenoxy) is 1. The van der Waals surface area contributed by atoms with E-state index in [1.165, 1.54) is 7.11 Å². The lowest BCUT2D eigenvalue weighted by Gasteiger charge is -2.20. The summed E-state index contributed by atoms with van der Waals surface area (Å²) >= 11 is 0. The van der Waals surface area contributed by atoms with Gasteiger partial charge in [-0.15, -0.1) is 0 Å². The van der Waals surface area contributed by atoms with Crippen molar-refractivity contribution in [2.24, 2.45) is 0 Å². The Morgan fingerprint density at radius 3 is 2.09 bits per heavy atom. The number of nitrogens with one attached hydrogen (secondary N) is 2. The Kier molecular flexibility index (Phi) is 8.25. The largest absolute Gasteiger partial charge is 0.495 e. The predicted molar refractivity (Wildman–Crippen MR) is 130 cm³/mol. The monoisotopic (exact) mass is 466 g/mol. The molecule has 33 heavy (non-hydrogen) atoms. The zero-order valence-electron chi connectivity index (χ0n) is 19.1. The first-order chi connectivity index (χ1) is 15.8. The van der Waals surface area contributed by atoms with Crippen LogP contribution in [0, 0.1) is 0 Å². The molecule has 0 aliphatic heterocycles. The van der Waals surface area contributed by atoms with Gasteiger partial charge in [0, 0.05) is 6.54 Å². The maximum Gasteiger partial charge on any atom is 0.245 e. The summed E-state index contributed by atoms with van der Waals surface area (Å²) in [5.41, 5.74) is 2.64. The van der Waals surface area contributed by atoms with Crippen LogP contribution in [0.3, 0.4) is 0 Å². The Hall–Kier alpha value is -3.16. The van der Waals surface area contributed by atoms with Gasteiger partial charge in [-0.1, -0.05) is 80.6 Å². The van der Waals surface area contributed by atoms with Gasteiger partial charge < -0.3 is 10.1 Å². The first kappa shape index (κ1) is 24.5. The molecule has 0 radical (unpaired) electrons. The van der Waals surface area contributed by atoms with Crippen molar-refractivity contribution < 1.29 is 17.9 Å². The van der Waals surface area contributed by atoms with E-state index in [-0.39, 0.29) is 23.0 Å². The summed E-state index contributed by atoms with van der Waals surface area (Å²) in [5.74, 6) is -0.0283. The van der Waals surface area contributed by atoms with Crippen molar-refractivity contribution in [1.82, 2.24) is 10.0 Å². The van der Waals surface area contributed by atoms with Crippen LogP contribution in [0.25, 0.3) is 0 Å². The van der Waals surface area contributed by atoms with Crippen molar-refractivity contribution in [3.05, 3.63) is 95.6 Å². The number of carbonyl (C=O) groups excluding carboxylic acids is 1. The highest BCUT2D eigenvalue weighted by Gasteiger charge is 2.28. The minimum absolute atomic E-state index is 0.0186. The number of hydrogen-bond acceptors (Lipinski definition) is 4. The highest BCUT2D eigenvalue weighted by Crippen LogP contribution is 2.28. The molecule has 1 unspecified atom stereocenters. The van der Waals surface area contributed by atoms with Gasteiger partial charge in [-0.2, -0.15) is 4.72 Å². The summed E-state index contributed by atoms with van der Waals surface area (Å²) in [4.78, 5) is 13.1. The molecule has 3 rings (SSSR count). The average molecular weight is 467 g/mol. The third-order valence-electron chi connectivity index (χ3n) is 5.35. The number of hydrogen-bond donors (Lipinski definition) is 2. The van der Waals surface area contributed by atoms with E-state index in [4.69, 9.17) is 4.74 Å². The third-order valence-corrected chi connectivity index (χ3v) is 6.84. The molecule has 1 atom stereocenters. The fourth-order valence-corrected chi connectivity index (χ4v) is 4.86. The Bertz CT molecular complexity index is 1160. The van der Waals surface area contributed by atoms with Crippen LogP contribution in [0.1, 0.15) is 36.5 Å². The maximum absolute atomic E-state index is 13.4. The number of benzene rings is 3. The molecule has 3 aromatic rings. The topological polar surface area (TPSA) is 84.5 Å². The Morgan fingerprint density at radius 1 is 0.909 bits per heavy atom. The molecule has 1 amide bonds. The summed E-state index contributed by atoms with van der Waals surface area (Å²) in [6, 6.07) is 22.9. The molecule has 0 aliphatic carbocycles. The van der Waals surface area contributed by atoms with Gasteiger partial charge in [0.1, 0.15) is 16.7 Å². The lowest BCUT2D eigenvalue weighted by molar-refractivity contribution is -0.122. The van der Waals surface area contributed by atoms with Gasteiger partial charge in [0.05, 0.1) is 7.11 Å². The quantitative estimate of drug-likeness (QED) is 0.473. The summed E-state index contributed by atoms with van der Waals surface area (Å²) in [5, 5.41) is 2.85. The zero-order valence-corrected chi connectivity index (χ0v) is 19.9. The van der Waals surface area contributed by atoms with Crippen LogP contribution in [0.2, 0.25) is 0 Å². The standard InChI is InChI=1S/C26H30N2O4S/c1-19(2)22-14-15-24(32-3)25(17-22)33(30,31)28-23(16-20-10-6-4-7-11-20)26(29)27-18-21-12-8-5-9-13-21/h4-15,17,19,23,28H,16,18H2,1-3H3,(H,27,29). The van der Waals surface area contributed by atoms with Crippen LogP contribution in [-0.2, 0) is 27.8 Å². The van der Waals surface area contributed by atoms with E-state index in [1.54, 1.807) is 12.1 Å². The van der Waals surface area contributed by atoms with Crippen LogP contribution in [0.5, 0.6) is 5.75 Å². The average Bonchev–Trinajstić information content (AvgIpc) is 2.82. The van der Waals surface area contributed by atoms with Gasteiger partial charge in [0.15, 0.2) is 0 Å². The second-order valence-corrected chi connectivity index (χ2v) is 9.81. The fraction of sp³-hybridized carbons (Fsp3) is 0.269. The van der Waals surface area contributed by atoms with E-state index in [0.717, 1.165) is 16.7 Å². The molecule has 6 nitrogen and oxygen atoms in total. The molecule has 0 aromatic heterocycles. The molecular weight excluding hydrogens is 436 g/mol. The van der Waals surface area contributed by atoms with Gasteiger partial charge in [0.2, 0.25) is 15.9 Å². The summed E-state index contributed by atoms with van der Waals surface area (Å²) in [6.45, 7) is 4.28. The Labute approximate surface area is 196 Å². The molecule has 0 fully saturated rings. The van der Waals surface area contributed by atoms with E-state index in [1.807, 2.05) is 80.6 Å². The van der Waals surface area contributed by atoms with Crippen molar-refractivity contribution in [3.8, 4) is 5.75 Å². The van der Waals surface area contributed by atoms with Gasteiger partial charge in [-0.05, 0) is 41.2 Å². The van der Waals surface area contributed by atoms with Crippen molar-refractivity contribution in [2.45, 2.75) is 43.7 Å². The number of methoxy groups -OCH3 is 1. The maximum atomic E-state index is 13.4. The van der Waals surface area contributed by atoms with Gasteiger partial charge >= 0.3 is 0 Å². The normalized spacial score (nSPS) is 12.4. The first-order valence-corrected chi connectivity index (χ1v) is 12.3. The minimum Gasteiger partial charge on any atom is -0.495 e. The molecular formula is C26H30N2O4S. The van der Waals surface area contributed by atoms with Crippen molar-refractivity contribution >= 4 is 15.9 Å². The van der Waals surface area contributed by atoms with Crippen LogP contribution in [0.4, 0.5) is 0 Å². The van der Waals surface area contributed by atoms with Crippen molar-refractivity contribution in [1.29, 1.82) is 0 Å². The molecule has 0 saturated carbocycles. The predicted octanol–water partition coefficient (Wildman–Crippen LogP) is 4.02. The lowest BCUT2D eigenvalue weighted by atomic mass is 10.0. The molecule has 3 aromatic carbocycles. The summed E-state index contributed by atoms with van der Waals surface area (Å²) in [6.07, 6.45) is 0.215. The second-order valence-electron chi connectivity index (χ2n) is 8.13. The first-order valence-electron chi connectivity index (χ1n) is 10.9. The molecule has 174 valence electrons. The van der Waals surface area contributed by atoms with Crippen molar-refractivity contribution in [3.63, 3.8) is 0 Å². The van der Waals surface area contributed by atoms with Crippen molar-refractivity contribution in [2.75, 3.05) is 7.11 Å². The van der Waals surface area contributed by atoms with Crippen LogP contribution in [0.15, 0.2) is 83.8 Å². The molecule has 2 N–H and O–H groups in total. The van der Waals surface area contributed by atoms with E-state index < -0.39 is 22.0 Å². The van der Waals surface area contributed by atoms with E-state index in [0.29, 0.717) is 6.54 Å². The molecule has 0 spiro atoms. The Balaban J connectivity index is 1.88. The summed E-state index contributed by atoms with van der Waals surface area (Å²) in [7, 11) is -2.61. The Morgan fingerprint density at radius 2 is 1.52 bits per heavy atom. The molecule has 0 heterocycles. The van der Waals surface area contributed by atoms with E-state index in [2.05, 4.69) is 10.0 Å². The zero-order chi connectivity index (χ0) is 23.8. The highest BCUT2D eigenvalue weighted by atomic mass is 32.2. The SMILES string of the molecule is COc1ccc(C(C)C)cc1S(=O)(=O)NC(Cc1ccccc1)C(=O)NCc1ccccc1. The molecule has 0 saturated heterocycles. The minimum atomic E-state index is -4.04. The number of carbonyl (C=O) groups is 1. The van der Waals surface area contributed by atoms with E-state index >= 15 is 0 Å². The number of rotatable bonds is 10. The van der Waals surface area contributed by atoms with E-state index in [9.17, 15) is 13.2 Å². The molecule has 0 bridgehead atoms. The van der Waals surface area contributed by atoms with Crippen LogP contribution in [-0.4, -0.2) is 27.5 Å². The van der Waals surface area contributed by atoms with Crippen LogP contribution < -0.4 is 14.8 Å². The molecule has 0 aliphatic rings. The van der Waals surface area contributed by atoms with Gasteiger partial charge in [-0.3, -0.25) is 4.79 Å². The molecule has 7 heteroatoms. The van der Waals surface area contributed by atoms with Crippen LogP contribution >= 0.6 is 0 Å². The number of sulfonamides is 1. The lowest BCUT2D eigenvalue weighted by Crippen LogP contribution is -2.47.